The highest BCUT2D eigenvalue weighted by molar-refractivity contribution is 7.26. The summed E-state index contributed by atoms with van der Waals surface area (Å²) < 4.78 is 10.3. The maximum atomic E-state index is 6.49. The fourth-order valence-corrected chi connectivity index (χ4v) is 7.46. The van der Waals surface area contributed by atoms with Crippen molar-refractivity contribution >= 4 is 58.6 Å². The van der Waals surface area contributed by atoms with Crippen LogP contribution in [0.15, 0.2) is 91.4 Å². The molecule has 4 nitrogen and oxygen atoms in total. The van der Waals surface area contributed by atoms with Crippen LogP contribution in [0.2, 0.25) is 0 Å². The van der Waals surface area contributed by atoms with E-state index in [0.717, 1.165) is 28.9 Å². The topological polar surface area (TPSA) is 28.6 Å². The Hall–Kier alpha value is -3.87. The number of rotatable bonds is 4. The molecule has 0 saturated heterocycles. The molecule has 0 fully saturated rings. The van der Waals surface area contributed by atoms with E-state index in [9.17, 15) is 0 Å². The summed E-state index contributed by atoms with van der Waals surface area (Å²) in [6.07, 6.45) is 6.13. The van der Waals surface area contributed by atoms with Crippen LogP contribution in [0.1, 0.15) is 26.3 Å². The van der Waals surface area contributed by atoms with E-state index >= 15 is 0 Å². The molecule has 0 bridgehead atoms. The van der Waals surface area contributed by atoms with Crippen molar-refractivity contribution in [1.29, 1.82) is 0 Å². The number of nitrogens with zero attached hydrogens (tertiary/aromatic N) is 3. The molecule has 3 aromatic heterocycles. The van der Waals surface area contributed by atoms with Crippen molar-refractivity contribution in [3.63, 3.8) is 0 Å². The standard InChI is InChI=1S/C33H29N3OS2/c1-33(2,3)21-12-13-34-26(16-21)31-25-18-30(37-23-9-7-8-22(17-23)36-15-14-35(4)20-36)39-28(25)19-29-32(31)24-10-5-6-11-27(24)38-29/h5-19H,20H2,1-4H3. The smallest absolute Gasteiger partial charge is 0.182 e. The summed E-state index contributed by atoms with van der Waals surface area (Å²) in [5.74, 6) is 0.837. The summed E-state index contributed by atoms with van der Waals surface area (Å²) in [4.78, 5) is 9.28. The molecule has 39 heavy (non-hydrogen) atoms. The predicted molar refractivity (Wildman–Crippen MR) is 167 cm³/mol. The molecule has 1 aliphatic heterocycles. The van der Waals surface area contributed by atoms with Gasteiger partial charge in [0.15, 0.2) is 5.06 Å². The second-order valence-electron chi connectivity index (χ2n) is 11.1. The second-order valence-corrected chi connectivity index (χ2v) is 13.3. The van der Waals surface area contributed by atoms with Crippen LogP contribution in [0.5, 0.6) is 10.8 Å². The maximum absolute atomic E-state index is 6.49. The normalized spacial score (nSPS) is 13.8. The minimum atomic E-state index is 0.0364. The first-order chi connectivity index (χ1) is 18.8. The van der Waals surface area contributed by atoms with Gasteiger partial charge in [0, 0.05) is 79.3 Å². The Morgan fingerprint density at radius 3 is 2.51 bits per heavy atom. The molecule has 1 aliphatic rings. The molecule has 0 amide bonds. The van der Waals surface area contributed by atoms with E-state index in [2.05, 4.69) is 117 Å². The van der Waals surface area contributed by atoms with E-state index in [0.29, 0.717) is 0 Å². The fraction of sp³-hybridized carbons (Fsp3) is 0.182. The number of ether oxygens (including phenoxy) is 1. The highest BCUT2D eigenvalue weighted by atomic mass is 32.1. The average molecular weight is 548 g/mol. The molecular weight excluding hydrogens is 519 g/mol. The third-order valence-electron chi connectivity index (χ3n) is 7.27. The Bertz CT molecular complexity index is 1890. The Morgan fingerprint density at radius 2 is 1.69 bits per heavy atom. The van der Waals surface area contributed by atoms with E-state index in [1.165, 1.54) is 41.4 Å². The van der Waals surface area contributed by atoms with Crippen molar-refractivity contribution in [3.8, 4) is 22.1 Å². The minimum Gasteiger partial charge on any atom is -0.447 e. The van der Waals surface area contributed by atoms with Crippen LogP contribution in [0.3, 0.4) is 0 Å². The van der Waals surface area contributed by atoms with Crippen molar-refractivity contribution in [2.24, 2.45) is 0 Å². The molecule has 0 N–H and O–H groups in total. The average Bonchev–Trinajstić information content (AvgIpc) is 3.63. The molecule has 0 radical (unpaired) electrons. The lowest BCUT2D eigenvalue weighted by atomic mass is 9.86. The van der Waals surface area contributed by atoms with Gasteiger partial charge in [-0.15, -0.1) is 11.3 Å². The molecule has 0 aliphatic carbocycles. The van der Waals surface area contributed by atoms with E-state index in [-0.39, 0.29) is 5.41 Å². The van der Waals surface area contributed by atoms with Gasteiger partial charge in [-0.05, 0) is 47.4 Å². The number of benzene rings is 3. The highest BCUT2D eigenvalue weighted by Gasteiger charge is 2.21. The van der Waals surface area contributed by atoms with Crippen LogP contribution in [-0.2, 0) is 5.41 Å². The Kier molecular flexibility index (Phi) is 5.65. The number of thiophene rings is 2. The van der Waals surface area contributed by atoms with E-state index in [1.54, 1.807) is 11.3 Å². The van der Waals surface area contributed by atoms with E-state index < -0.39 is 0 Å². The SMILES string of the molecule is CN1C=CN(c2cccc(Oc3cc4c(-c5cc(C(C)(C)C)ccn5)c5c(cc4s3)sc3ccccc35)c2)C1. The zero-order valence-electron chi connectivity index (χ0n) is 22.4. The van der Waals surface area contributed by atoms with Crippen LogP contribution in [0, 0.1) is 0 Å². The number of hydrogen-bond acceptors (Lipinski definition) is 6. The van der Waals surface area contributed by atoms with E-state index in [1.807, 2.05) is 23.6 Å². The maximum Gasteiger partial charge on any atom is 0.182 e. The third-order valence-corrected chi connectivity index (χ3v) is 9.35. The summed E-state index contributed by atoms with van der Waals surface area (Å²) in [6, 6.07) is 25.9. The summed E-state index contributed by atoms with van der Waals surface area (Å²) >= 11 is 3.54. The van der Waals surface area contributed by atoms with E-state index in [4.69, 9.17) is 9.72 Å². The molecule has 0 atom stereocenters. The number of hydrogen-bond donors (Lipinski definition) is 0. The molecule has 7 rings (SSSR count). The van der Waals surface area contributed by atoms with Crippen molar-refractivity contribution in [2.75, 3.05) is 18.6 Å². The molecule has 4 heterocycles. The van der Waals surface area contributed by atoms with Gasteiger partial charge in [-0.2, -0.15) is 0 Å². The summed E-state index contributed by atoms with van der Waals surface area (Å²) in [5.41, 5.74) is 4.63. The number of anilines is 1. The lowest BCUT2D eigenvalue weighted by Crippen LogP contribution is -2.21. The van der Waals surface area contributed by atoms with Crippen LogP contribution < -0.4 is 9.64 Å². The minimum absolute atomic E-state index is 0.0364. The number of aromatic nitrogens is 1. The largest absolute Gasteiger partial charge is 0.447 e. The van der Waals surface area contributed by atoms with Crippen molar-refractivity contribution in [1.82, 2.24) is 9.88 Å². The number of fused-ring (bicyclic) bond motifs is 4. The van der Waals surface area contributed by atoms with Crippen LogP contribution in [-0.4, -0.2) is 23.6 Å². The van der Waals surface area contributed by atoms with Gasteiger partial charge in [0.05, 0.1) is 12.4 Å². The van der Waals surface area contributed by atoms with Gasteiger partial charge in [-0.1, -0.05) is 56.4 Å². The molecule has 0 spiro atoms. The molecule has 194 valence electrons. The first-order valence-corrected chi connectivity index (χ1v) is 14.7. The summed E-state index contributed by atoms with van der Waals surface area (Å²) in [7, 11) is 2.08. The predicted octanol–water partition coefficient (Wildman–Crippen LogP) is 9.60. The van der Waals surface area contributed by atoms with Gasteiger partial charge in [0.25, 0.3) is 0 Å². The molecule has 0 unspecified atom stereocenters. The molecular formula is C33H29N3OS2. The Morgan fingerprint density at radius 1 is 0.821 bits per heavy atom. The van der Waals surface area contributed by atoms with Crippen molar-refractivity contribution < 1.29 is 4.74 Å². The zero-order valence-corrected chi connectivity index (χ0v) is 24.1. The van der Waals surface area contributed by atoms with Gasteiger partial charge in [0.2, 0.25) is 0 Å². The van der Waals surface area contributed by atoms with Gasteiger partial charge in [-0.3, -0.25) is 4.98 Å². The van der Waals surface area contributed by atoms with Crippen LogP contribution in [0.4, 0.5) is 5.69 Å². The third kappa shape index (κ3) is 4.34. The molecule has 0 saturated carbocycles. The Balaban J connectivity index is 1.38. The van der Waals surface area contributed by atoms with Crippen molar-refractivity contribution in [2.45, 2.75) is 26.2 Å². The molecule has 6 heteroatoms. The van der Waals surface area contributed by atoms with Crippen LogP contribution >= 0.6 is 22.7 Å². The lowest BCUT2D eigenvalue weighted by Gasteiger charge is -2.19. The van der Waals surface area contributed by atoms with Gasteiger partial charge >= 0.3 is 0 Å². The van der Waals surface area contributed by atoms with Gasteiger partial charge in [0.1, 0.15) is 5.75 Å². The van der Waals surface area contributed by atoms with Gasteiger partial charge in [-0.25, -0.2) is 0 Å². The fourth-order valence-electron chi connectivity index (χ4n) is 5.25. The molecule has 3 aromatic carbocycles. The highest BCUT2D eigenvalue weighted by Crippen LogP contribution is 2.48. The summed E-state index contributed by atoms with van der Waals surface area (Å²) in [5, 5.41) is 4.62. The van der Waals surface area contributed by atoms with Crippen molar-refractivity contribution in [3.05, 3.63) is 97.0 Å². The first-order valence-electron chi connectivity index (χ1n) is 13.1. The summed E-state index contributed by atoms with van der Waals surface area (Å²) in [6.45, 7) is 7.59. The second kappa shape index (κ2) is 9.11. The van der Waals surface area contributed by atoms with Crippen LogP contribution in [0.25, 0.3) is 41.5 Å². The zero-order chi connectivity index (χ0) is 26.7. The molecule has 6 aromatic rings. The van der Waals surface area contributed by atoms with Gasteiger partial charge < -0.3 is 14.5 Å². The monoisotopic (exact) mass is 547 g/mol. The lowest BCUT2D eigenvalue weighted by molar-refractivity contribution is 0.490. The number of pyridine rings is 1. The quantitative estimate of drug-likeness (QED) is 0.220. The first kappa shape index (κ1) is 24.2. The Labute approximate surface area is 236 Å².